The van der Waals surface area contributed by atoms with Gasteiger partial charge in [-0.05, 0) is 12.1 Å². The van der Waals surface area contributed by atoms with Crippen LogP contribution in [0, 0.1) is 0 Å². The van der Waals surface area contributed by atoms with Crippen LogP contribution >= 0.6 is 0 Å². The molecule has 0 atom stereocenters. The summed E-state index contributed by atoms with van der Waals surface area (Å²) < 4.78 is 23.3. The van der Waals surface area contributed by atoms with E-state index in [1.54, 1.807) is 6.07 Å². The van der Waals surface area contributed by atoms with Crippen molar-refractivity contribution >= 4 is 23.8 Å². The highest BCUT2D eigenvalue weighted by molar-refractivity contribution is 7.90. The van der Waals surface area contributed by atoms with Crippen LogP contribution < -0.4 is 5.19 Å². The molecule has 1 aromatic carbocycles. The Hall–Kier alpha value is -0.613. The average molecular weight is 340 g/mol. The van der Waals surface area contributed by atoms with Gasteiger partial charge in [0.15, 0.2) is 9.84 Å². The van der Waals surface area contributed by atoms with E-state index in [0.29, 0.717) is 4.90 Å². The molecule has 0 heterocycles. The Kier molecular flexibility index (Phi) is 9.02. The fourth-order valence-corrected chi connectivity index (χ4v) is 5.28. The number of unbranched alkanes of at least 4 members (excludes halogenated alkanes) is 7. The summed E-state index contributed by atoms with van der Waals surface area (Å²) in [7, 11) is -3.70. The smallest absolute Gasteiger partial charge is 0.175 e. The maximum Gasteiger partial charge on any atom is 0.175 e. The SMILES string of the molecule is CCCCCCCCCC[Si](C)c1cccc(S(C)(=O)=O)c1. The quantitative estimate of drug-likeness (QED) is 0.437. The fraction of sp³-hybridized carbons (Fsp3) is 0.667. The van der Waals surface area contributed by atoms with E-state index >= 15 is 0 Å². The van der Waals surface area contributed by atoms with Gasteiger partial charge in [-0.2, -0.15) is 0 Å². The summed E-state index contributed by atoms with van der Waals surface area (Å²) in [6.45, 7) is 4.55. The Morgan fingerprint density at radius 1 is 0.955 bits per heavy atom. The summed E-state index contributed by atoms with van der Waals surface area (Å²) >= 11 is 0. The summed E-state index contributed by atoms with van der Waals surface area (Å²) in [6, 6.07) is 8.80. The van der Waals surface area contributed by atoms with Gasteiger partial charge in [-0.1, -0.05) is 88.2 Å². The summed E-state index contributed by atoms with van der Waals surface area (Å²) in [5.41, 5.74) is 0. The van der Waals surface area contributed by atoms with E-state index in [0.717, 1.165) is 0 Å². The minimum atomic E-state index is -3.08. The second kappa shape index (κ2) is 10.2. The Labute approximate surface area is 138 Å². The minimum absolute atomic E-state index is 0.463. The molecule has 0 aliphatic carbocycles. The second-order valence-electron chi connectivity index (χ2n) is 6.31. The maximum absolute atomic E-state index is 11.6. The zero-order chi connectivity index (χ0) is 16.4. The van der Waals surface area contributed by atoms with Crippen LogP contribution in [0.2, 0.25) is 12.6 Å². The number of benzene rings is 1. The average Bonchev–Trinajstić information content (AvgIpc) is 2.49. The third-order valence-corrected chi connectivity index (χ3v) is 7.67. The fourth-order valence-electron chi connectivity index (χ4n) is 2.66. The van der Waals surface area contributed by atoms with Crippen LogP contribution in [0.15, 0.2) is 29.2 Å². The van der Waals surface area contributed by atoms with Crippen LogP contribution in [0.3, 0.4) is 0 Å². The van der Waals surface area contributed by atoms with Crippen molar-refractivity contribution in [2.24, 2.45) is 0 Å². The van der Waals surface area contributed by atoms with E-state index < -0.39 is 18.6 Å². The van der Waals surface area contributed by atoms with Gasteiger partial charge in [-0.15, -0.1) is 0 Å². The number of hydrogen-bond acceptors (Lipinski definition) is 2. The third-order valence-electron chi connectivity index (χ3n) is 4.16. The van der Waals surface area contributed by atoms with Gasteiger partial charge in [0.25, 0.3) is 0 Å². The number of rotatable bonds is 11. The van der Waals surface area contributed by atoms with E-state index in [-0.39, 0.29) is 0 Å². The van der Waals surface area contributed by atoms with Gasteiger partial charge in [0.1, 0.15) is 0 Å². The van der Waals surface area contributed by atoms with Gasteiger partial charge in [0.05, 0.1) is 13.7 Å². The van der Waals surface area contributed by atoms with Gasteiger partial charge in [0.2, 0.25) is 0 Å². The molecule has 0 spiro atoms. The first-order valence-electron chi connectivity index (χ1n) is 8.58. The molecule has 1 aromatic rings. The maximum atomic E-state index is 11.6. The predicted molar refractivity (Wildman–Crippen MR) is 98.2 cm³/mol. The Balaban J connectivity index is 2.30. The lowest BCUT2D eigenvalue weighted by Crippen LogP contribution is -2.26. The highest BCUT2D eigenvalue weighted by atomic mass is 32.2. The number of sulfone groups is 1. The molecular weight excluding hydrogens is 308 g/mol. The van der Waals surface area contributed by atoms with Crippen LogP contribution in [0.5, 0.6) is 0 Å². The molecule has 0 saturated carbocycles. The minimum Gasteiger partial charge on any atom is -0.224 e. The normalized spacial score (nSPS) is 12.0. The summed E-state index contributed by atoms with van der Waals surface area (Å²) in [5, 5.41) is 1.25. The molecule has 0 aromatic heterocycles. The van der Waals surface area contributed by atoms with Crippen molar-refractivity contribution in [3.8, 4) is 0 Å². The standard InChI is InChI=1S/C18H31O2SSi/c1-4-5-6-7-8-9-10-11-15-22(3)18-14-12-13-17(16-18)21(2,19)20/h12-14,16H,4-11,15H2,1-3H3. The van der Waals surface area contributed by atoms with Crippen molar-refractivity contribution < 1.29 is 8.42 Å². The molecule has 0 aliphatic rings. The van der Waals surface area contributed by atoms with Crippen molar-refractivity contribution in [2.75, 3.05) is 6.26 Å². The second-order valence-corrected chi connectivity index (χ2v) is 11.0. The van der Waals surface area contributed by atoms with Crippen molar-refractivity contribution in [3.05, 3.63) is 24.3 Å². The molecule has 0 saturated heterocycles. The Morgan fingerprint density at radius 2 is 1.55 bits per heavy atom. The van der Waals surface area contributed by atoms with Crippen LogP contribution in [0.1, 0.15) is 58.3 Å². The molecular formula is C18H31O2SSi. The highest BCUT2D eigenvalue weighted by Crippen LogP contribution is 2.12. The molecule has 2 nitrogen and oxygen atoms in total. The molecule has 0 fully saturated rings. The molecule has 0 N–H and O–H groups in total. The summed E-state index contributed by atoms with van der Waals surface area (Å²) in [4.78, 5) is 0.463. The molecule has 125 valence electrons. The number of hydrogen-bond donors (Lipinski definition) is 0. The lowest BCUT2D eigenvalue weighted by Gasteiger charge is -2.11. The van der Waals surface area contributed by atoms with Gasteiger partial charge in [-0.3, -0.25) is 0 Å². The topological polar surface area (TPSA) is 34.1 Å². The molecule has 4 heteroatoms. The summed E-state index contributed by atoms with van der Waals surface area (Å²) in [6.07, 6.45) is 12.1. The predicted octanol–water partition coefficient (Wildman–Crippen LogP) is 4.56. The highest BCUT2D eigenvalue weighted by Gasteiger charge is 2.12. The lowest BCUT2D eigenvalue weighted by molar-refractivity contribution is 0.584. The van der Waals surface area contributed by atoms with Crippen molar-refractivity contribution in [1.29, 1.82) is 0 Å². The monoisotopic (exact) mass is 339 g/mol. The molecule has 22 heavy (non-hydrogen) atoms. The Morgan fingerprint density at radius 3 is 2.14 bits per heavy atom. The Bertz CT molecular complexity index is 526. The van der Waals surface area contributed by atoms with E-state index in [9.17, 15) is 8.42 Å². The summed E-state index contributed by atoms with van der Waals surface area (Å²) in [5.74, 6) is 0. The van der Waals surface area contributed by atoms with Gasteiger partial charge >= 0.3 is 0 Å². The first-order valence-corrected chi connectivity index (χ1v) is 12.7. The van der Waals surface area contributed by atoms with Crippen LogP contribution in [0.25, 0.3) is 0 Å². The molecule has 1 rings (SSSR count). The molecule has 0 amide bonds. The zero-order valence-electron chi connectivity index (χ0n) is 14.4. The molecule has 0 unspecified atom stereocenters. The molecule has 1 radical (unpaired) electrons. The van der Waals surface area contributed by atoms with Gasteiger partial charge in [-0.25, -0.2) is 8.42 Å². The molecule has 0 bridgehead atoms. The van der Waals surface area contributed by atoms with Crippen LogP contribution in [-0.4, -0.2) is 23.5 Å². The first kappa shape index (κ1) is 19.4. The lowest BCUT2D eigenvalue weighted by atomic mass is 10.1. The third kappa shape index (κ3) is 7.59. The largest absolute Gasteiger partial charge is 0.224 e. The zero-order valence-corrected chi connectivity index (χ0v) is 16.2. The van der Waals surface area contributed by atoms with E-state index in [1.165, 1.54) is 68.9 Å². The van der Waals surface area contributed by atoms with Gasteiger partial charge < -0.3 is 0 Å². The van der Waals surface area contributed by atoms with E-state index in [4.69, 9.17) is 0 Å². The van der Waals surface area contributed by atoms with Crippen molar-refractivity contribution in [3.63, 3.8) is 0 Å². The van der Waals surface area contributed by atoms with Gasteiger partial charge in [0, 0.05) is 6.26 Å². The van der Waals surface area contributed by atoms with E-state index in [1.807, 2.05) is 12.1 Å². The van der Waals surface area contributed by atoms with Crippen molar-refractivity contribution in [1.82, 2.24) is 0 Å². The van der Waals surface area contributed by atoms with E-state index in [2.05, 4.69) is 19.5 Å². The van der Waals surface area contributed by atoms with Crippen LogP contribution in [0.4, 0.5) is 0 Å². The van der Waals surface area contributed by atoms with Crippen LogP contribution in [-0.2, 0) is 9.84 Å². The first-order chi connectivity index (χ1) is 10.4. The molecule has 0 aliphatic heterocycles. The van der Waals surface area contributed by atoms with Crippen molar-refractivity contribution in [2.45, 2.75) is 75.8 Å².